The number of carbonyl (C=O) groups is 1. The van der Waals surface area contributed by atoms with Gasteiger partial charge in [-0.3, -0.25) is 4.79 Å². The van der Waals surface area contributed by atoms with Gasteiger partial charge in [0.25, 0.3) is 0 Å². The number of esters is 1. The summed E-state index contributed by atoms with van der Waals surface area (Å²) in [5.74, 6) is 7.57. The molecule has 2 aliphatic rings. The lowest BCUT2D eigenvalue weighted by molar-refractivity contribution is -0.142. The van der Waals surface area contributed by atoms with Crippen LogP contribution in [0.2, 0.25) is 25.7 Å². The third-order valence-electron chi connectivity index (χ3n) is 6.17. The molecular weight excluding hydrogens is 382 g/mol. The molecular formula is C22H41N3O3Si. The summed E-state index contributed by atoms with van der Waals surface area (Å²) in [6.07, 6.45) is 11.3. The first-order valence-electron chi connectivity index (χ1n) is 11.0. The van der Waals surface area contributed by atoms with Crippen molar-refractivity contribution in [2.24, 2.45) is 23.6 Å². The molecule has 0 aromatic heterocycles. The van der Waals surface area contributed by atoms with Crippen LogP contribution in [-0.4, -0.2) is 45.5 Å². The minimum Gasteiger partial charge on any atom is -0.469 e. The average Bonchev–Trinajstić information content (AvgIpc) is 3.05. The molecule has 6 nitrogen and oxygen atoms in total. The smallest absolute Gasteiger partial charge is 0.307 e. The number of carbonyl (C=O) groups excluding carboxylic acids is 1. The quantitative estimate of drug-likeness (QED) is 0.124. The van der Waals surface area contributed by atoms with E-state index in [2.05, 4.69) is 44.2 Å². The van der Waals surface area contributed by atoms with E-state index in [1.54, 1.807) is 5.01 Å². The molecule has 0 amide bonds. The van der Waals surface area contributed by atoms with Gasteiger partial charge in [0.2, 0.25) is 0 Å². The van der Waals surface area contributed by atoms with E-state index in [-0.39, 0.29) is 12.0 Å². The first-order chi connectivity index (χ1) is 13.7. The van der Waals surface area contributed by atoms with Crippen molar-refractivity contribution in [1.29, 1.82) is 0 Å². The standard InChI is InChI=1S/C22H41N3O3Si/c1-17-19(10-11-24-16-28-12-13-29(3,4)5)20(17)15-25(23)21(14-22(26)27-2)18-8-6-7-9-18/h10-11,15,17-19,21,24H,6-9,12-14,16,23H2,1-5H3/b11-10-,20-15+/t17-,19-,21+/m0/s1. The lowest BCUT2D eigenvalue weighted by Gasteiger charge is -2.30. The van der Waals surface area contributed by atoms with E-state index in [0.29, 0.717) is 30.9 Å². The Labute approximate surface area is 177 Å². The SMILES string of the molecule is COC(=O)C[C@H](C1CCCC1)N(N)/C=C1\[C@@H](C)[C@@H]1/C=C\NCOCC[Si](C)(C)C. The summed E-state index contributed by atoms with van der Waals surface area (Å²) in [5, 5.41) is 5.00. The lowest BCUT2D eigenvalue weighted by Crippen LogP contribution is -2.42. The Hall–Kier alpha value is -1.31. The van der Waals surface area contributed by atoms with Crippen LogP contribution in [0, 0.1) is 17.8 Å². The zero-order valence-corrected chi connectivity index (χ0v) is 19.9. The zero-order valence-electron chi connectivity index (χ0n) is 18.9. The highest BCUT2D eigenvalue weighted by atomic mass is 28.3. The van der Waals surface area contributed by atoms with Crippen molar-refractivity contribution in [2.75, 3.05) is 20.4 Å². The second kappa shape index (κ2) is 11.2. The highest BCUT2D eigenvalue weighted by Gasteiger charge is 2.39. The van der Waals surface area contributed by atoms with E-state index in [9.17, 15) is 4.79 Å². The van der Waals surface area contributed by atoms with Crippen LogP contribution >= 0.6 is 0 Å². The molecule has 0 aliphatic heterocycles. The van der Waals surface area contributed by atoms with Crippen molar-refractivity contribution in [3.8, 4) is 0 Å². The van der Waals surface area contributed by atoms with E-state index in [0.717, 1.165) is 19.4 Å². The van der Waals surface area contributed by atoms with E-state index < -0.39 is 8.07 Å². The molecule has 0 aromatic rings. The van der Waals surface area contributed by atoms with Crippen LogP contribution in [0.5, 0.6) is 0 Å². The van der Waals surface area contributed by atoms with Gasteiger partial charge >= 0.3 is 5.97 Å². The first-order valence-corrected chi connectivity index (χ1v) is 14.7. The zero-order chi connectivity index (χ0) is 21.4. The molecule has 0 radical (unpaired) electrons. The van der Waals surface area contributed by atoms with Crippen molar-refractivity contribution in [3.05, 3.63) is 24.0 Å². The normalized spacial score (nSPS) is 24.8. The third kappa shape index (κ3) is 8.14. The van der Waals surface area contributed by atoms with Gasteiger partial charge in [0.05, 0.1) is 19.6 Å². The van der Waals surface area contributed by atoms with Crippen molar-refractivity contribution in [3.63, 3.8) is 0 Å². The van der Waals surface area contributed by atoms with Crippen LogP contribution in [0.15, 0.2) is 24.0 Å². The molecule has 0 aromatic carbocycles. The first kappa shape index (κ1) is 24.0. The molecule has 2 saturated carbocycles. The fourth-order valence-corrected chi connectivity index (χ4v) is 4.79. The Kier molecular flexibility index (Phi) is 9.24. The Balaban J connectivity index is 1.80. The molecule has 2 rings (SSSR count). The summed E-state index contributed by atoms with van der Waals surface area (Å²) in [6, 6.07) is 1.21. The monoisotopic (exact) mass is 423 g/mol. The molecule has 0 unspecified atom stereocenters. The average molecular weight is 424 g/mol. The molecule has 7 heteroatoms. The lowest BCUT2D eigenvalue weighted by atomic mass is 9.95. The summed E-state index contributed by atoms with van der Waals surface area (Å²) in [4.78, 5) is 11.9. The minimum atomic E-state index is -1.02. The summed E-state index contributed by atoms with van der Waals surface area (Å²) in [5.41, 5.74) is 1.32. The molecule has 2 aliphatic carbocycles. The molecule has 2 fully saturated rings. The maximum atomic E-state index is 11.9. The van der Waals surface area contributed by atoms with Crippen LogP contribution in [0.25, 0.3) is 0 Å². The highest BCUT2D eigenvalue weighted by Crippen LogP contribution is 2.46. The summed E-state index contributed by atoms with van der Waals surface area (Å²) >= 11 is 0. The van der Waals surface area contributed by atoms with Gasteiger partial charge in [0.1, 0.15) is 6.73 Å². The number of nitrogens with one attached hydrogen (secondary N) is 1. The van der Waals surface area contributed by atoms with E-state index in [1.807, 2.05) is 6.20 Å². The Morgan fingerprint density at radius 1 is 1.34 bits per heavy atom. The van der Waals surface area contributed by atoms with E-state index in [4.69, 9.17) is 15.3 Å². The van der Waals surface area contributed by atoms with Crippen molar-refractivity contribution in [2.45, 2.75) is 70.8 Å². The molecule has 0 spiro atoms. The molecule has 0 bridgehead atoms. The second-order valence-corrected chi connectivity index (χ2v) is 15.3. The van der Waals surface area contributed by atoms with Gasteiger partial charge in [-0.25, -0.2) is 5.84 Å². The third-order valence-corrected chi connectivity index (χ3v) is 7.88. The number of hydrazine groups is 1. The predicted molar refractivity (Wildman–Crippen MR) is 120 cm³/mol. The molecule has 29 heavy (non-hydrogen) atoms. The predicted octanol–water partition coefficient (Wildman–Crippen LogP) is 3.85. The van der Waals surface area contributed by atoms with Crippen LogP contribution in [0.3, 0.4) is 0 Å². The van der Waals surface area contributed by atoms with Crippen molar-refractivity contribution in [1.82, 2.24) is 10.3 Å². The van der Waals surface area contributed by atoms with Crippen LogP contribution < -0.4 is 11.2 Å². The summed E-state index contributed by atoms with van der Waals surface area (Å²) < 4.78 is 10.5. The van der Waals surface area contributed by atoms with Gasteiger partial charge < -0.3 is 19.8 Å². The van der Waals surface area contributed by atoms with Gasteiger partial charge in [0.15, 0.2) is 0 Å². The van der Waals surface area contributed by atoms with Crippen LogP contribution in [0.4, 0.5) is 0 Å². The number of nitrogens with two attached hydrogens (primary N) is 1. The molecule has 0 saturated heterocycles. The molecule has 0 heterocycles. The number of ether oxygens (including phenoxy) is 2. The highest BCUT2D eigenvalue weighted by molar-refractivity contribution is 6.76. The number of nitrogens with zero attached hydrogens (tertiary/aromatic N) is 1. The van der Waals surface area contributed by atoms with E-state index in [1.165, 1.54) is 31.6 Å². The fourth-order valence-electron chi connectivity index (χ4n) is 4.04. The maximum absolute atomic E-state index is 11.9. The number of methoxy groups -OCH3 is 1. The Morgan fingerprint density at radius 3 is 2.66 bits per heavy atom. The molecule has 166 valence electrons. The largest absolute Gasteiger partial charge is 0.469 e. The Bertz CT molecular complexity index is 582. The van der Waals surface area contributed by atoms with Gasteiger partial charge in [-0.1, -0.05) is 45.5 Å². The second-order valence-electron chi connectivity index (χ2n) is 9.71. The maximum Gasteiger partial charge on any atom is 0.307 e. The Morgan fingerprint density at radius 2 is 2.03 bits per heavy atom. The topological polar surface area (TPSA) is 76.8 Å². The number of allylic oxidation sites excluding steroid dienone is 2. The van der Waals surface area contributed by atoms with Gasteiger partial charge in [0, 0.05) is 26.8 Å². The molecule has 3 atom stereocenters. The van der Waals surface area contributed by atoms with Gasteiger partial charge in [-0.15, -0.1) is 0 Å². The summed E-state index contributed by atoms with van der Waals surface area (Å²) in [6.45, 7) is 10.7. The van der Waals surface area contributed by atoms with Crippen LogP contribution in [0.1, 0.15) is 39.0 Å². The van der Waals surface area contributed by atoms with Crippen molar-refractivity contribution >= 4 is 14.0 Å². The van der Waals surface area contributed by atoms with Crippen LogP contribution in [-0.2, 0) is 14.3 Å². The van der Waals surface area contributed by atoms with E-state index >= 15 is 0 Å². The number of hydrogen-bond donors (Lipinski definition) is 2. The van der Waals surface area contributed by atoms with Gasteiger partial charge in [-0.05, 0) is 42.5 Å². The van der Waals surface area contributed by atoms with Crippen molar-refractivity contribution < 1.29 is 14.3 Å². The minimum absolute atomic E-state index is 0.0211. The number of hydrogen-bond acceptors (Lipinski definition) is 6. The molecule has 3 N–H and O–H groups in total. The number of rotatable bonds is 12. The summed E-state index contributed by atoms with van der Waals surface area (Å²) in [7, 11) is 0.420. The van der Waals surface area contributed by atoms with Gasteiger partial charge in [-0.2, -0.15) is 0 Å². The fraction of sp³-hybridized carbons (Fsp3) is 0.773.